The molecule has 9 heavy (non-hydrogen) atoms. The van der Waals surface area contributed by atoms with Crippen LogP contribution in [0.3, 0.4) is 0 Å². The largest absolute Gasteiger partial charge is 0.314 e. The molecule has 1 aliphatic rings. The molecule has 0 aromatic rings. The highest BCUT2D eigenvalue weighted by Crippen LogP contribution is 2.06. The number of rotatable bonds is 1. The highest BCUT2D eigenvalue weighted by atomic mass is 14.9. The Bertz CT molecular complexity index is 46.5. The third kappa shape index (κ3) is 3.52. The molecule has 1 heteroatoms. The molecule has 0 saturated carbocycles. The van der Waals surface area contributed by atoms with Crippen LogP contribution in [0.1, 0.15) is 40.0 Å². The van der Waals surface area contributed by atoms with Crippen molar-refractivity contribution in [2.75, 3.05) is 6.54 Å². The first-order chi connectivity index (χ1) is 4.43. The molecule has 1 nitrogen and oxygen atoms in total. The lowest BCUT2D eigenvalue weighted by atomic mass is 10.2. The van der Waals surface area contributed by atoms with E-state index in [0.717, 1.165) is 6.04 Å². The van der Waals surface area contributed by atoms with Crippen molar-refractivity contribution in [3.8, 4) is 0 Å². The maximum Gasteiger partial charge on any atom is 0.00649 e. The molecule has 56 valence electrons. The zero-order chi connectivity index (χ0) is 7.11. The fourth-order valence-corrected chi connectivity index (χ4v) is 1.11. The Morgan fingerprint density at radius 2 is 2.11 bits per heavy atom. The minimum Gasteiger partial charge on any atom is -0.314 e. The lowest BCUT2D eigenvalue weighted by Gasteiger charge is -2.02. The molecule has 0 aromatic heterocycles. The van der Waals surface area contributed by atoms with Crippen LogP contribution in [-0.2, 0) is 0 Å². The van der Waals surface area contributed by atoms with Crippen molar-refractivity contribution in [3.05, 3.63) is 0 Å². The molecular weight excluding hydrogens is 110 g/mol. The van der Waals surface area contributed by atoms with Crippen molar-refractivity contribution in [2.45, 2.75) is 46.1 Å². The summed E-state index contributed by atoms with van der Waals surface area (Å²) >= 11 is 0. The standard InChI is InChI=1S/C6H13N.C2H6/c1-2-6-4-3-5-7-6;1-2/h6-7H,2-5H2,1H3;1-2H3. The van der Waals surface area contributed by atoms with Gasteiger partial charge in [-0.1, -0.05) is 20.8 Å². The van der Waals surface area contributed by atoms with E-state index in [1.54, 1.807) is 0 Å². The molecule has 0 radical (unpaired) electrons. The summed E-state index contributed by atoms with van der Waals surface area (Å²) in [6, 6.07) is 0.847. The van der Waals surface area contributed by atoms with Crippen LogP contribution in [0.15, 0.2) is 0 Å². The van der Waals surface area contributed by atoms with Gasteiger partial charge in [-0.2, -0.15) is 0 Å². The van der Waals surface area contributed by atoms with Gasteiger partial charge in [0.25, 0.3) is 0 Å². The Kier molecular flexibility index (Phi) is 6.06. The van der Waals surface area contributed by atoms with E-state index in [1.165, 1.54) is 25.8 Å². The Balaban J connectivity index is 0.000000291. The Labute approximate surface area is 58.8 Å². The van der Waals surface area contributed by atoms with E-state index in [4.69, 9.17) is 0 Å². The van der Waals surface area contributed by atoms with Gasteiger partial charge < -0.3 is 5.32 Å². The molecule has 1 atom stereocenters. The molecule has 0 amide bonds. The lowest BCUT2D eigenvalue weighted by molar-refractivity contribution is 0.587. The summed E-state index contributed by atoms with van der Waals surface area (Å²) in [5.74, 6) is 0. The van der Waals surface area contributed by atoms with Crippen LogP contribution >= 0.6 is 0 Å². The number of hydrogen-bond acceptors (Lipinski definition) is 1. The number of hydrogen-bond donors (Lipinski definition) is 1. The fraction of sp³-hybridized carbons (Fsp3) is 1.00. The van der Waals surface area contributed by atoms with Crippen LogP contribution in [0.25, 0.3) is 0 Å². The third-order valence-electron chi connectivity index (χ3n) is 1.66. The van der Waals surface area contributed by atoms with E-state index >= 15 is 0 Å². The van der Waals surface area contributed by atoms with Crippen LogP contribution in [-0.4, -0.2) is 12.6 Å². The zero-order valence-electron chi connectivity index (χ0n) is 6.91. The highest BCUT2D eigenvalue weighted by Gasteiger charge is 2.09. The summed E-state index contributed by atoms with van der Waals surface area (Å²) < 4.78 is 0. The van der Waals surface area contributed by atoms with Crippen LogP contribution in [0, 0.1) is 0 Å². The average Bonchev–Trinajstić information content (AvgIpc) is 2.43. The molecule has 1 aliphatic heterocycles. The molecule has 1 fully saturated rings. The Morgan fingerprint density at radius 3 is 2.33 bits per heavy atom. The van der Waals surface area contributed by atoms with E-state index in [0.29, 0.717) is 0 Å². The second-order valence-electron chi connectivity index (χ2n) is 2.20. The van der Waals surface area contributed by atoms with Gasteiger partial charge in [0.2, 0.25) is 0 Å². The summed E-state index contributed by atoms with van der Waals surface area (Å²) in [5, 5.41) is 3.41. The van der Waals surface area contributed by atoms with E-state index in [1.807, 2.05) is 13.8 Å². The van der Waals surface area contributed by atoms with E-state index in [-0.39, 0.29) is 0 Å². The SMILES string of the molecule is CC.CCC1CCCN1. The van der Waals surface area contributed by atoms with Gasteiger partial charge in [0.05, 0.1) is 0 Å². The molecule has 0 bridgehead atoms. The van der Waals surface area contributed by atoms with Gasteiger partial charge in [-0.3, -0.25) is 0 Å². The van der Waals surface area contributed by atoms with Gasteiger partial charge in [0, 0.05) is 6.04 Å². The van der Waals surface area contributed by atoms with Crippen LogP contribution in [0.5, 0.6) is 0 Å². The summed E-state index contributed by atoms with van der Waals surface area (Å²) in [6.45, 7) is 7.49. The highest BCUT2D eigenvalue weighted by molar-refractivity contribution is 4.71. The minimum atomic E-state index is 0.847. The Morgan fingerprint density at radius 1 is 1.44 bits per heavy atom. The van der Waals surface area contributed by atoms with Crippen molar-refractivity contribution < 1.29 is 0 Å². The van der Waals surface area contributed by atoms with Gasteiger partial charge in [0.15, 0.2) is 0 Å². The first-order valence-electron chi connectivity index (χ1n) is 4.17. The monoisotopic (exact) mass is 129 g/mol. The van der Waals surface area contributed by atoms with Gasteiger partial charge in [-0.25, -0.2) is 0 Å². The molecule has 1 unspecified atom stereocenters. The summed E-state index contributed by atoms with van der Waals surface area (Å²) in [6.07, 6.45) is 4.09. The zero-order valence-corrected chi connectivity index (χ0v) is 6.91. The van der Waals surface area contributed by atoms with Crippen LogP contribution in [0.2, 0.25) is 0 Å². The third-order valence-corrected chi connectivity index (χ3v) is 1.66. The molecule has 0 aliphatic carbocycles. The fourth-order valence-electron chi connectivity index (χ4n) is 1.11. The van der Waals surface area contributed by atoms with Crippen molar-refractivity contribution in [1.82, 2.24) is 5.32 Å². The van der Waals surface area contributed by atoms with Gasteiger partial charge in [-0.15, -0.1) is 0 Å². The summed E-state index contributed by atoms with van der Waals surface area (Å²) in [4.78, 5) is 0. The van der Waals surface area contributed by atoms with E-state index < -0.39 is 0 Å². The molecular formula is C8H19N. The Hall–Kier alpha value is -0.0400. The molecule has 1 heterocycles. The van der Waals surface area contributed by atoms with Gasteiger partial charge in [0.1, 0.15) is 0 Å². The second kappa shape index (κ2) is 6.09. The molecule has 1 saturated heterocycles. The van der Waals surface area contributed by atoms with Gasteiger partial charge >= 0.3 is 0 Å². The molecule has 1 rings (SSSR count). The average molecular weight is 129 g/mol. The first kappa shape index (κ1) is 8.96. The maximum absolute atomic E-state index is 3.41. The quantitative estimate of drug-likeness (QED) is 0.572. The van der Waals surface area contributed by atoms with Crippen molar-refractivity contribution in [3.63, 3.8) is 0 Å². The second-order valence-corrected chi connectivity index (χ2v) is 2.20. The van der Waals surface area contributed by atoms with E-state index in [9.17, 15) is 0 Å². The van der Waals surface area contributed by atoms with Crippen LogP contribution in [0.4, 0.5) is 0 Å². The topological polar surface area (TPSA) is 12.0 Å². The van der Waals surface area contributed by atoms with Gasteiger partial charge in [-0.05, 0) is 25.8 Å². The maximum atomic E-state index is 3.41. The minimum absolute atomic E-state index is 0.847. The molecule has 1 N–H and O–H groups in total. The first-order valence-corrected chi connectivity index (χ1v) is 4.17. The molecule has 0 spiro atoms. The molecule has 0 aromatic carbocycles. The predicted octanol–water partition coefficient (Wildman–Crippen LogP) is 2.17. The number of nitrogens with one attached hydrogen (secondary N) is 1. The van der Waals surface area contributed by atoms with Crippen molar-refractivity contribution in [1.29, 1.82) is 0 Å². The van der Waals surface area contributed by atoms with Crippen molar-refractivity contribution >= 4 is 0 Å². The van der Waals surface area contributed by atoms with Crippen LogP contribution < -0.4 is 5.32 Å². The predicted molar refractivity (Wildman–Crippen MR) is 42.7 cm³/mol. The van der Waals surface area contributed by atoms with E-state index in [2.05, 4.69) is 12.2 Å². The lowest BCUT2D eigenvalue weighted by Crippen LogP contribution is -2.19. The summed E-state index contributed by atoms with van der Waals surface area (Å²) in [5.41, 5.74) is 0. The summed E-state index contributed by atoms with van der Waals surface area (Å²) in [7, 11) is 0. The normalized spacial score (nSPS) is 25.0. The van der Waals surface area contributed by atoms with Crippen molar-refractivity contribution in [2.24, 2.45) is 0 Å². The smallest absolute Gasteiger partial charge is 0.00649 e.